The molecule has 0 radical (unpaired) electrons. The van der Waals surface area contributed by atoms with Crippen LogP contribution in [0.2, 0.25) is 0 Å². The number of carbonyl (C=O) groups is 1. The molecule has 2 aromatic heterocycles. The van der Waals surface area contributed by atoms with Crippen molar-refractivity contribution in [2.75, 3.05) is 12.4 Å². The van der Waals surface area contributed by atoms with Gasteiger partial charge in [0.25, 0.3) is 0 Å². The van der Waals surface area contributed by atoms with E-state index in [0.29, 0.717) is 23.1 Å². The predicted molar refractivity (Wildman–Crippen MR) is 123 cm³/mol. The fraction of sp³-hybridized carbons (Fsp3) is 0.0800. The standard InChI is InChI=1S/C25H22N4O3/c1-18-26-23(29-15-3-4-16-29)17-25(27-18)32-22-12-8-20(9-13-22)28-24(30)14-7-19-5-10-21(31-2)11-6-19/h3-17H,1-2H3,(H,28,30)/b14-7+. The molecule has 0 saturated carbocycles. The van der Waals surface area contributed by atoms with Crippen molar-refractivity contribution < 1.29 is 14.3 Å². The molecular weight excluding hydrogens is 404 g/mol. The number of benzene rings is 2. The summed E-state index contributed by atoms with van der Waals surface area (Å²) in [5.74, 6) is 2.93. The van der Waals surface area contributed by atoms with Crippen molar-refractivity contribution in [1.82, 2.24) is 14.5 Å². The van der Waals surface area contributed by atoms with Crippen molar-refractivity contribution in [2.24, 2.45) is 0 Å². The third-order valence-corrected chi connectivity index (χ3v) is 4.56. The van der Waals surface area contributed by atoms with Gasteiger partial charge in [-0.1, -0.05) is 12.1 Å². The monoisotopic (exact) mass is 426 g/mol. The number of nitrogens with zero attached hydrogens (tertiary/aromatic N) is 3. The second-order valence-electron chi connectivity index (χ2n) is 6.92. The first-order valence-corrected chi connectivity index (χ1v) is 9.99. The molecule has 0 aliphatic rings. The molecule has 0 saturated heterocycles. The molecule has 0 aliphatic heterocycles. The molecule has 7 heteroatoms. The molecular formula is C25H22N4O3. The first-order chi connectivity index (χ1) is 15.6. The van der Waals surface area contributed by atoms with Gasteiger partial charge < -0.3 is 19.4 Å². The second kappa shape index (κ2) is 9.61. The van der Waals surface area contributed by atoms with E-state index >= 15 is 0 Å². The lowest BCUT2D eigenvalue weighted by molar-refractivity contribution is -0.111. The van der Waals surface area contributed by atoms with E-state index in [4.69, 9.17) is 9.47 Å². The van der Waals surface area contributed by atoms with E-state index in [-0.39, 0.29) is 5.91 Å². The highest BCUT2D eigenvalue weighted by molar-refractivity contribution is 6.01. The van der Waals surface area contributed by atoms with Crippen LogP contribution in [0.15, 0.2) is 85.2 Å². The van der Waals surface area contributed by atoms with E-state index in [9.17, 15) is 4.79 Å². The highest BCUT2D eigenvalue weighted by Crippen LogP contribution is 2.23. The highest BCUT2D eigenvalue weighted by Gasteiger charge is 2.06. The van der Waals surface area contributed by atoms with Crippen LogP contribution in [-0.2, 0) is 4.79 Å². The molecule has 4 rings (SSSR count). The summed E-state index contributed by atoms with van der Waals surface area (Å²) in [6.07, 6.45) is 7.04. The number of aryl methyl sites for hydroxylation is 1. The Morgan fingerprint density at radius 1 is 0.969 bits per heavy atom. The maximum atomic E-state index is 12.2. The molecule has 2 heterocycles. The molecule has 32 heavy (non-hydrogen) atoms. The number of anilines is 1. The van der Waals surface area contributed by atoms with Crippen LogP contribution >= 0.6 is 0 Å². The van der Waals surface area contributed by atoms with Crippen molar-refractivity contribution in [1.29, 1.82) is 0 Å². The van der Waals surface area contributed by atoms with E-state index in [2.05, 4.69) is 15.3 Å². The Kier molecular flexibility index (Phi) is 6.27. The summed E-state index contributed by atoms with van der Waals surface area (Å²) >= 11 is 0. The molecule has 0 bridgehead atoms. The number of carbonyl (C=O) groups excluding carboxylic acids is 1. The molecule has 7 nitrogen and oxygen atoms in total. The lowest BCUT2D eigenvalue weighted by Crippen LogP contribution is -2.07. The Balaban J connectivity index is 1.38. The summed E-state index contributed by atoms with van der Waals surface area (Å²) in [5.41, 5.74) is 1.57. The number of rotatable bonds is 7. The molecule has 2 aromatic carbocycles. The average Bonchev–Trinajstić information content (AvgIpc) is 3.34. The number of amides is 1. The highest BCUT2D eigenvalue weighted by atomic mass is 16.5. The minimum atomic E-state index is -0.225. The Morgan fingerprint density at radius 2 is 1.66 bits per heavy atom. The molecule has 160 valence electrons. The quantitative estimate of drug-likeness (QED) is 0.420. The number of hydrogen-bond acceptors (Lipinski definition) is 5. The zero-order valence-electron chi connectivity index (χ0n) is 17.7. The maximum absolute atomic E-state index is 12.2. The summed E-state index contributed by atoms with van der Waals surface area (Å²) in [4.78, 5) is 21.0. The van der Waals surface area contributed by atoms with E-state index in [1.807, 2.05) is 60.3 Å². The van der Waals surface area contributed by atoms with E-state index in [1.165, 1.54) is 6.08 Å². The third-order valence-electron chi connectivity index (χ3n) is 4.56. The number of methoxy groups -OCH3 is 1. The minimum Gasteiger partial charge on any atom is -0.497 e. The van der Waals surface area contributed by atoms with E-state index in [1.54, 1.807) is 43.5 Å². The third kappa shape index (κ3) is 5.40. The second-order valence-corrected chi connectivity index (χ2v) is 6.92. The summed E-state index contributed by atoms with van der Waals surface area (Å²) in [7, 11) is 1.62. The summed E-state index contributed by atoms with van der Waals surface area (Å²) < 4.78 is 12.9. The Bertz CT molecular complexity index is 1220. The van der Waals surface area contributed by atoms with Gasteiger partial charge in [-0.3, -0.25) is 4.79 Å². The van der Waals surface area contributed by atoms with Gasteiger partial charge in [-0.2, -0.15) is 4.98 Å². The SMILES string of the molecule is COc1ccc(/C=C/C(=O)Nc2ccc(Oc3cc(-n4cccc4)nc(C)n3)cc2)cc1. The van der Waals surface area contributed by atoms with Crippen molar-refractivity contribution >= 4 is 17.7 Å². The van der Waals surface area contributed by atoms with Crippen LogP contribution in [0.3, 0.4) is 0 Å². The topological polar surface area (TPSA) is 78.3 Å². The van der Waals surface area contributed by atoms with Crippen LogP contribution in [0.25, 0.3) is 11.9 Å². The first kappa shape index (κ1) is 20.9. The van der Waals surface area contributed by atoms with Gasteiger partial charge >= 0.3 is 0 Å². The smallest absolute Gasteiger partial charge is 0.248 e. The van der Waals surface area contributed by atoms with E-state index < -0.39 is 0 Å². The predicted octanol–water partition coefficient (Wildman–Crippen LogP) is 5.03. The molecule has 0 atom stereocenters. The van der Waals surface area contributed by atoms with Crippen molar-refractivity contribution in [2.45, 2.75) is 6.92 Å². The zero-order valence-corrected chi connectivity index (χ0v) is 17.7. The van der Waals surface area contributed by atoms with Crippen LogP contribution < -0.4 is 14.8 Å². The number of nitrogens with one attached hydrogen (secondary N) is 1. The number of aromatic nitrogens is 3. The largest absolute Gasteiger partial charge is 0.497 e. The van der Waals surface area contributed by atoms with Gasteiger partial charge in [0.05, 0.1) is 7.11 Å². The Hall–Kier alpha value is -4.39. The first-order valence-electron chi connectivity index (χ1n) is 9.99. The Labute approximate surface area is 186 Å². The lowest BCUT2D eigenvalue weighted by atomic mass is 10.2. The van der Waals surface area contributed by atoms with Crippen LogP contribution in [0.1, 0.15) is 11.4 Å². The molecule has 0 unspecified atom stereocenters. The summed E-state index contributed by atoms with van der Waals surface area (Å²) in [5, 5.41) is 2.83. The normalized spacial score (nSPS) is 10.8. The fourth-order valence-corrected chi connectivity index (χ4v) is 2.99. The van der Waals surface area contributed by atoms with Crippen molar-refractivity contribution in [3.8, 4) is 23.2 Å². The molecule has 0 fully saturated rings. The van der Waals surface area contributed by atoms with Crippen LogP contribution in [0.4, 0.5) is 5.69 Å². The van der Waals surface area contributed by atoms with E-state index in [0.717, 1.165) is 17.1 Å². The van der Waals surface area contributed by atoms with Crippen LogP contribution in [0.5, 0.6) is 17.4 Å². The lowest BCUT2D eigenvalue weighted by Gasteiger charge is -2.09. The van der Waals surface area contributed by atoms with Gasteiger partial charge in [-0.05, 0) is 67.1 Å². The van der Waals surface area contributed by atoms with Crippen LogP contribution in [0, 0.1) is 6.92 Å². The van der Waals surface area contributed by atoms with Gasteiger partial charge in [0.1, 0.15) is 23.1 Å². The van der Waals surface area contributed by atoms with Gasteiger partial charge in [-0.15, -0.1) is 0 Å². The number of hydrogen-bond donors (Lipinski definition) is 1. The van der Waals surface area contributed by atoms with Crippen molar-refractivity contribution in [3.05, 3.63) is 96.6 Å². The van der Waals surface area contributed by atoms with Gasteiger partial charge in [-0.25, -0.2) is 4.98 Å². The van der Waals surface area contributed by atoms with Gasteiger partial charge in [0.15, 0.2) is 0 Å². The molecule has 1 N–H and O–H groups in total. The summed E-state index contributed by atoms with van der Waals surface area (Å²) in [6.45, 7) is 1.82. The minimum absolute atomic E-state index is 0.225. The zero-order chi connectivity index (χ0) is 22.3. The molecule has 1 amide bonds. The number of ether oxygens (including phenoxy) is 2. The Morgan fingerprint density at radius 3 is 2.34 bits per heavy atom. The van der Waals surface area contributed by atoms with Gasteiger partial charge in [0.2, 0.25) is 11.8 Å². The fourth-order valence-electron chi connectivity index (χ4n) is 2.99. The van der Waals surface area contributed by atoms with Gasteiger partial charge in [0, 0.05) is 30.2 Å². The van der Waals surface area contributed by atoms with Crippen molar-refractivity contribution in [3.63, 3.8) is 0 Å². The molecule has 4 aromatic rings. The summed E-state index contributed by atoms with van der Waals surface area (Å²) in [6, 6.07) is 20.2. The molecule has 0 aliphatic carbocycles. The molecule has 0 spiro atoms. The average molecular weight is 426 g/mol. The maximum Gasteiger partial charge on any atom is 0.248 e. The van der Waals surface area contributed by atoms with Crippen LogP contribution in [-0.4, -0.2) is 27.6 Å².